The molecule has 2 N–H and O–H groups in total. The van der Waals surface area contributed by atoms with Crippen molar-refractivity contribution in [3.8, 4) is 11.5 Å². The Morgan fingerprint density at radius 1 is 1.28 bits per heavy atom. The molecule has 0 saturated heterocycles. The summed E-state index contributed by atoms with van der Waals surface area (Å²) in [7, 11) is 0. The number of carbonyl (C=O) groups is 1. The number of nitrogens with zero attached hydrogens (tertiary/aromatic N) is 2. The van der Waals surface area contributed by atoms with Gasteiger partial charge in [-0.2, -0.15) is 9.78 Å². The Kier molecular flexibility index (Phi) is 2.40. The highest BCUT2D eigenvalue weighted by Crippen LogP contribution is 2.34. The molecule has 1 aliphatic heterocycles. The lowest BCUT2D eigenvalue weighted by molar-refractivity contribution is 0.0937. The van der Waals surface area contributed by atoms with Crippen molar-refractivity contribution in [2.45, 2.75) is 0 Å². The van der Waals surface area contributed by atoms with Gasteiger partial charge in [0.1, 0.15) is 19.0 Å². The quantitative estimate of drug-likeness (QED) is 0.808. The molecule has 1 aromatic carbocycles. The number of anilines is 1. The highest BCUT2D eigenvalue weighted by Gasteiger charge is 2.22. The molecule has 0 aliphatic carbocycles. The summed E-state index contributed by atoms with van der Waals surface area (Å²) in [5, 5.41) is 3.89. The first-order chi connectivity index (χ1) is 8.77. The van der Waals surface area contributed by atoms with Crippen LogP contribution in [0.1, 0.15) is 10.4 Å². The van der Waals surface area contributed by atoms with E-state index in [1.165, 1.54) is 6.20 Å². The standard InChI is InChI=1S/C12H11N3O3/c13-10-4-5-14-15(10)12(16)8-2-1-3-9-11(8)18-7-6-17-9/h1-5H,6-7,13H2. The number of hydrogen-bond donors (Lipinski definition) is 1. The van der Waals surface area contributed by atoms with Gasteiger partial charge in [0, 0.05) is 6.07 Å². The van der Waals surface area contributed by atoms with Crippen molar-refractivity contribution in [2.75, 3.05) is 18.9 Å². The van der Waals surface area contributed by atoms with Gasteiger partial charge < -0.3 is 15.2 Å². The molecule has 18 heavy (non-hydrogen) atoms. The van der Waals surface area contributed by atoms with Crippen LogP contribution in [-0.4, -0.2) is 28.9 Å². The summed E-state index contributed by atoms with van der Waals surface area (Å²) < 4.78 is 12.0. The van der Waals surface area contributed by atoms with E-state index >= 15 is 0 Å². The van der Waals surface area contributed by atoms with Crippen LogP contribution in [0, 0.1) is 0 Å². The Morgan fingerprint density at radius 2 is 2.11 bits per heavy atom. The molecule has 0 atom stereocenters. The Hall–Kier alpha value is -2.50. The number of aromatic nitrogens is 2. The SMILES string of the molecule is Nc1ccnn1C(=O)c1cccc2c1OCCO2. The molecular formula is C12H11N3O3. The zero-order chi connectivity index (χ0) is 12.5. The zero-order valence-corrected chi connectivity index (χ0v) is 9.50. The highest BCUT2D eigenvalue weighted by atomic mass is 16.6. The van der Waals surface area contributed by atoms with Crippen molar-refractivity contribution >= 4 is 11.7 Å². The fourth-order valence-corrected chi connectivity index (χ4v) is 1.84. The van der Waals surface area contributed by atoms with E-state index in [9.17, 15) is 4.79 Å². The Balaban J connectivity index is 2.07. The smallest absolute Gasteiger partial charge is 0.283 e. The van der Waals surface area contributed by atoms with E-state index in [4.69, 9.17) is 15.2 Å². The number of ether oxygens (including phenoxy) is 2. The fraction of sp³-hybridized carbons (Fsp3) is 0.167. The number of nitrogen functional groups attached to an aromatic ring is 1. The first kappa shape index (κ1) is 10.6. The first-order valence-corrected chi connectivity index (χ1v) is 5.50. The summed E-state index contributed by atoms with van der Waals surface area (Å²) in [6.07, 6.45) is 1.47. The summed E-state index contributed by atoms with van der Waals surface area (Å²) in [6, 6.07) is 6.72. The van der Waals surface area contributed by atoms with E-state index in [1.807, 2.05) is 0 Å². The lowest BCUT2D eigenvalue weighted by Crippen LogP contribution is -2.21. The van der Waals surface area contributed by atoms with E-state index in [-0.39, 0.29) is 11.7 Å². The molecule has 0 spiro atoms. The van der Waals surface area contributed by atoms with Crippen LogP contribution >= 0.6 is 0 Å². The van der Waals surface area contributed by atoms with Gasteiger partial charge in [0.25, 0.3) is 5.91 Å². The molecule has 92 valence electrons. The molecular weight excluding hydrogens is 234 g/mol. The Bertz CT molecular complexity index is 606. The molecule has 0 fully saturated rings. The molecule has 2 heterocycles. The maximum Gasteiger partial charge on any atom is 0.283 e. The monoisotopic (exact) mass is 245 g/mol. The van der Waals surface area contributed by atoms with E-state index in [2.05, 4.69) is 5.10 Å². The minimum Gasteiger partial charge on any atom is -0.486 e. The second kappa shape index (κ2) is 4.06. The normalized spacial score (nSPS) is 13.3. The molecule has 2 aromatic rings. The van der Waals surface area contributed by atoms with Crippen LogP contribution in [0.15, 0.2) is 30.5 Å². The molecule has 0 bridgehead atoms. The number of carbonyl (C=O) groups excluding carboxylic acids is 1. The molecule has 6 heteroatoms. The van der Waals surface area contributed by atoms with Crippen molar-refractivity contribution in [1.29, 1.82) is 0 Å². The molecule has 0 radical (unpaired) electrons. The van der Waals surface area contributed by atoms with Crippen LogP contribution in [0.5, 0.6) is 11.5 Å². The van der Waals surface area contributed by atoms with Crippen molar-refractivity contribution in [3.05, 3.63) is 36.0 Å². The number of fused-ring (bicyclic) bond motifs is 1. The molecule has 0 saturated carbocycles. The van der Waals surface area contributed by atoms with Crippen molar-refractivity contribution in [2.24, 2.45) is 0 Å². The predicted octanol–water partition coefficient (Wildman–Crippen LogP) is 0.925. The lowest BCUT2D eigenvalue weighted by Gasteiger charge is -2.20. The molecule has 6 nitrogen and oxygen atoms in total. The van der Waals surface area contributed by atoms with Gasteiger partial charge in [-0.3, -0.25) is 4.79 Å². The van der Waals surface area contributed by atoms with E-state index < -0.39 is 0 Å². The van der Waals surface area contributed by atoms with Gasteiger partial charge in [-0.25, -0.2) is 0 Å². The van der Waals surface area contributed by atoms with Crippen molar-refractivity contribution < 1.29 is 14.3 Å². The van der Waals surface area contributed by atoms with Crippen molar-refractivity contribution in [3.63, 3.8) is 0 Å². The molecule has 1 aliphatic rings. The number of nitrogens with two attached hydrogens (primary N) is 1. The van der Waals surface area contributed by atoms with Crippen LogP contribution in [0.2, 0.25) is 0 Å². The predicted molar refractivity (Wildman–Crippen MR) is 63.8 cm³/mol. The lowest BCUT2D eigenvalue weighted by atomic mass is 10.1. The minimum atomic E-state index is -0.333. The fourth-order valence-electron chi connectivity index (χ4n) is 1.84. The summed E-state index contributed by atoms with van der Waals surface area (Å²) >= 11 is 0. The third kappa shape index (κ3) is 1.58. The maximum absolute atomic E-state index is 12.3. The summed E-state index contributed by atoms with van der Waals surface area (Å²) in [5.41, 5.74) is 6.05. The Labute approximate surface area is 103 Å². The topological polar surface area (TPSA) is 79.4 Å². The van der Waals surface area contributed by atoms with E-state index in [0.717, 1.165) is 4.68 Å². The third-order valence-electron chi connectivity index (χ3n) is 2.66. The highest BCUT2D eigenvalue weighted by molar-refractivity contribution is 6.00. The molecule has 3 rings (SSSR count). The van der Waals surface area contributed by atoms with Crippen LogP contribution in [0.4, 0.5) is 5.82 Å². The summed E-state index contributed by atoms with van der Waals surface area (Å²) in [5.74, 6) is 0.968. The third-order valence-corrected chi connectivity index (χ3v) is 2.66. The van der Waals surface area contributed by atoms with E-state index in [0.29, 0.717) is 30.3 Å². The van der Waals surface area contributed by atoms with Crippen molar-refractivity contribution in [1.82, 2.24) is 9.78 Å². The largest absolute Gasteiger partial charge is 0.486 e. The summed E-state index contributed by atoms with van der Waals surface area (Å²) in [4.78, 5) is 12.3. The molecule has 0 amide bonds. The van der Waals surface area contributed by atoms with Gasteiger partial charge in [0.2, 0.25) is 0 Å². The van der Waals surface area contributed by atoms with E-state index in [1.54, 1.807) is 24.3 Å². The van der Waals surface area contributed by atoms with Crippen LogP contribution in [-0.2, 0) is 0 Å². The second-order valence-electron chi connectivity index (χ2n) is 3.80. The van der Waals surface area contributed by atoms with Crippen LogP contribution < -0.4 is 15.2 Å². The van der Waals surface area contributed by atoms with Gasteiger partial charge in [0.15, 0.2) is 11.5 Å². The zero-order valence-electron chi connectivity index (χ0n) is 9.50. The second-order valence-corrected chi connectivity index (χ2v) is 3.80. The average Bonchev–Trinajstić information content (AvgIpc) is 2.83. The Morgan fingerprint density at radius 3 is 2.89 bits per heavy atom. The van der Waals surface area contributed by atoms with Gasteiger partial charge in [-0.1, -0.05) is 6.07 Å². The minimum absolute atomic E-state index is 0.286. The molecule has 1 aromatic heterocycles. The maximum atomic E-state index is 12.3. The van der Waals surface area contributed by atoms with Gasteiger partial charge in [-0.15, -0.1) is 0 Å². The van der Waals surface area contributed by atoms with Gasteiger partial charge in [-0.05, 0) is 12.1 Å². The number of hydrogen-bond acceptors (Lipinski definition) is 5. The number of para-hydroxylation sites is 1. The van der Waals surface area contributed by atoms with Gasteiger partial charge in [0.05, 0.1) is 11.8 Å². The average molecular weight is 245 g/mol. The number of benzene rings is 1. The number of rotatable bonds is 1. The van der Waals surface area contributed by atoms with Crippen LogP contribution in [0.3, 0.4) is 0 Å². The van der Waals surface area contributed by atoms with Gasteiger partial charge >= 0.3 is 0 Å². The van der Waals surface area contributed by atoms with Crippen LogP contribution in [0.25, 0.3) is 0 Å². The summed E-state index contributed by atoms with van der Waals surface area (Å²) in [6.45, 7) is 0.903. The molecule has 0 unspecified atom stereocenters. The first-order valence-electron chi connectivity index (χ1n) is 5.50.